The minimum atomic E-state index is -0.426. The van der Waals surface area contributed by atoms with Crippen LogP contribution in [-0.4, -0.2) is 24.3 Å². The molecule has 15 heavy (non-hydrogen) atoms. The van der Waals surface area contributed by atoms with E-state index < -0.39 is 5.41 Å². The Morgan fingerprint density at radius 2 is 2.07 bits per heavy atom. The van der Waals surface area contributed by atoms with Gasteiger partial charge in [-0.25, -0.2) is 0 Å². The molecule has 0 saturated heterocycles. The first kappa shape index (κ1) is 15.2. The standard InChI is InChI=1S/C11H20BrClO2/c1-11(2,10(14)15-3)9(8-12)6-4-5-7-13/h9H,4-8H2,1-3H3. The van der Waals surface area contributed by atoms with Gasteiger partial charge < -0.3 is 4.74 Å². The number of unbranched alkanes of at least 4 members (excludes halogenated alkanes) is 1. The van der Waals surface area contributed by atoms with Crippen molar-refractivity contribution in [1.82, 2.24) is 0 Å². The Labute approximate surface area is 106 Å². The number of hydrogen-bond donors (Lipinski definition) is 0. The van der Waals surface area contributed by atoms with Crippen LogP contribution in [-0.2, 0) is 9.53 Å². The predicted octanol–water partition coefficient (Wildman–Crippen LogP) is 3.61. The highest BCUT2D eigenvalue weighted by Gasteiger charge is 2.36. The molecule has 0 spiro atoms. The molecular formula is C11H20BrClO2. The zero-order valence-electron chi connectivity index (χ0n) is 9.69. The van der Waals surface area contributed by atoms with Gasteiger partial charge in [0.25, 0.3) is 0 Å². The van der Waals surface area contributed by atoms with E-state index in [1.165, 1.54) is 7.11 Å². The number of esters is 1. The lowest BCUT2D eigenvalue weighted by Crippen LogP contribution is -2.35. The maximum Gasteiger partial charge on any atom is 0.311 e. The Hall–Kier alpha value is 0.240. The summed E-state index contributed by atoms with van der Waals surface area (Å²) in [6, 6.07) is 0. The lowest BCUT2D eigenvalue weighted by Gasteiger charge is -2.30. The summed E-state index contributed by atoms with van der Waals surface area (Å²) in [5.41, 5.74) is -0.426. The summed E-state index contributed by atoms with van der Waals surface area (Å²) < 4.78 is 4.82. The average molecular weight is 300 g/mol. The number of alkyl halides is 2. The van der Waals surface area contributed by atoms with Gasteiger partial charge in [-0.15, -0.1) is 11.6 Å². The molecule has 0 aromatic heterocycles. The summed E-state index contributed by atoms with van der Waals surface area (Å²) in [7, 11) is 1.44. The zero-order chi connectivity index (χ0) is 11.9. The van der Waals surface area contributed by atoms with E-state index in [0.717, 1.165) is 24.6 Å². The first-order valence-corrected chi connectivity index (χ1v) is 6.86. The maximum absolute atomic E-state index is 11.6. The minimum Gasteiger partial charge on any atom is -0.469 e. The van der Waals surface area contributed by atoms with Crippen molar-refractivity contribution in [2.45, 2.75) is 33.1 Å². The van der Waals surface area contributed by atoms with Crippen LogP contribution in [0.15, 0.2) is 0 Å². The van der Waals surface area contributed by atoms with Crippen molar-refractivity contribution in [1.29, 1.82) is 0 Å². The first-order valence-electron chi connectivity index (χ1n) is 5.21. The van der Waals surface area contributed by atoms with Gasteiger partial charge in [-0.3, -0.25) is 4.79 Å². The van der Waals surface area contributed by atoms with E-state index in [0.29, 0.717) is 11.8 Å². The van der Waals surface area contributed by atoms with Crippen LogP contribution in [0.1, 0.15) is 33.1 Å². The number of carbonyl (C=O) groups excluding carboxylic acids is 1. The third-order valence-electron chi connectivity index (χ3n) is 2.85. The van der Waals surface area contributed by atoms with Crippen molar-refractivity contribution in [3.63, 3.8) is 0 Å². The fourth-order valence-electron chi connectivity index (χ4n) is 1.55. The van der Waals surface area contributed by atoms with Crippen LogP contribution in [0.3, 0.4) is 0 Å². The number of methoxy groups -OCH3 is 1. The lowest BCUT2D eigenvalue weighted by atomic mass is 9.77. The van der Waals surface area contributed by atoms with Crippen LogP contribution in [0.4, 0.5) is 0 Å². The molecule has 0 N–H and O–H groups in total. The molecule has 0 aromatic rings. The molecule has 0 aliphatic rings. The van der Waals surface area contributed by atoms with E-state index in [-0.39, 0.29) is 5.97 Å². The molecule has 0 saturated carbocycles. The van der Waals surface area contributed by atoms with Gasteiger partial charge in [-0.2, -0.15) is 0 Å². The molecule has 90 valence electrons. The quantitative estimate of drug-likeness (QED) is 0.408. The van der Waals surface area contributed by atoms with Gasteiger partial charge >= 0.3 is 5.97 Å². The van der Waals surface area contributed by atoms with E-state index in [9.17, 15) is 4.79 Å². The summed E-state index contributed by atoms with van der Waals surface area (Å²) in [5.74, 6) is 0.846. The second-order valence-electron chi connectivity index (χ2n) is 4.25. The topological polar surface area (TPSA) is 26.3 Å². The molecule has 0 fully saturated rings. The Bertz CT molecular complexity index is 195. The van der Waals surface area contributed by atoms with Crippen molar-refractivity contribution >= 4 is 33.5 Å². The molecule has 1 atom stereocenters. The Morgan fingerprint density at radius 3 is 2.47 bits per heavy atom. The van der Waals surface area contributed by atoms with Crippen LogP contribution in [0.25, 0.3) is 0 Å². The Balaban J connectivity index is 4.30. The summed E-state index contributed by atoms with van der Waals surface area (Å²) >= 11 is 9.09. The third kappa shape index (κ3) is 4.73. The number of rotatable bonds is 7. The van der Waals surface area contributed by atoms with Crippen LogP contribution in [0.2, 0.25) is 0 Å². The van der Waals surface area contributed by atoms with Crippen LogP contribution >= 0.6 is 27.5 Å². The van der Waals surface area contributed by atoms with Crippen molar-refractivity contribution in [3.8, 4) is 0 Å². The molecule has 0 aliphatic carbocycles. The molecule has 1 unspecified atom stereocenters. The second kappa shape index (κ2) is 7.50. The van der Waals surface area contributed by atoms with Gasteiger partial charge in [0.05, 0.1) is 12.5 Å². The zero-order valence-corrected chi connectivity index (χ0v) is 12.0. The summed E-state index contributed by atoms with van der Waals surface area (Å²) in [5, 5.41) is 0.817. The molecule has 2 nitrogen and oxygen atoms in total. The van der Waals surface area contributed by atoms with E-state index in [2.05, 4.69) is 15.9 Å². The molecule has 0 aromatic carbocycles. The van der Waals surface area contributed by atoms with Crippen LogP contribution in [0.5, 0.6) is 0 Å². The van der Waals surface area contributed by atoms with Crippen molar-refractivity contribution in [3.05, 3.63) is 0 Å². The third-order valence-corrected chi connectivity index (χ3v) is 3.90. The fourth-order valence-corrected chi connectivity index (χ4v) is 2.87. The van der Waals surface area contributed by atoms with Gasteiger partial charge in [-0.1, -0.05) is 22.4 Å². The summed E-state index contributed by atoms with van der Waals surface area (Å²) in [6.07, 6.45) is 3.06. The van der Waals surface area contributed by atoms with Crippen molar-refractivity contribution in [2.24, 2.45) is 11.3 Å². The van der Waals surface area contributed by atoms with Crippen LogP contribution < -0.4 is 0 Å². The summed E-state index contributed by atoms with van der Waals surface area (Å²) in [4.78, 5) is 11.6. The van der Waals surface area contributed by atoms with E-state index >= 15 is 0 Å². The van der Waals surface area contributed by atoms with Gasteiger partial charge in [0.1, 0.15) is 0 Å². The number of ether oxygens (including phenoxy) is 1. The van der Waals surface area contributed by atoms with Gasteiger partial charge in [0.15, 0.2) is 0 Å². The SMILES string of the molecule is COC(=O)C(C)(C)C(CBr)CCCCCl. The Morgan fingerprint density at radius 1 is 1.47 bits per heavy atom. The molecule has 0 heterocycles. The molecule has 4 heteroatoms. The second-order valence-corrected chi connectivity index (χ2v) is 5.27. The predicted molar refractivity (Wildman–Crippen MR) is 67.7 cm³/mol. The Kier molecular flexibility index (Phi) is 7.62. The molecule has 0 rings (SSSR count). The molecule has 0 bridgehead atoms. The first-order chi connectivity index (χ1) is 7.00. The largest absolute Gasteiger partial charge is 0.469 e. The van der Waals surface area contributed by atoms with Crippen LogP contribution in [0, 0.1) is 11.3 Å². The van der Waals surface area contributed by atoms with E-state index in [1.54, 1.807) is 0 Å². The molecule has 0 amide bonds. The normalized spacial score (nSPS) is 13.7. The van der Waals surface area contributed by atoms with Gasteiger partial charge in [-0.05, 0) is 32.6 Å². The molecule has 0 radical (unpaired) electrons. The smallest absolute Gasteiger partial charge is 0.311 e. The van der Waals surface area contributed by atoms with Gasteiger partial charge in [0.2, 0.25) is 0 Å². The number of halogens is 2. The lowest BCUT2D eigenvalue weighted by molar-refractivity contribution is -0.153. The molecular weight excluding hydrogens is 279 g/mol. The van der Waals surface area contributed by atoms with Crippen molar-refractivity contribution < 1.29 is 9.53 Å². The highest BCUT2D eigenvalue weighted by Crippen LogP contribution is 2.33. The maximum atomic E-state index is 11.6. The number of carbonyl (C=O) groups is 1. The van der Waals surface area contributed by atoms with E-state index in [1.807, 2.05) is 13.8 Å². The highest BCUT2D eigenvalue weighted by molar-refractivity contribution is 9.09. The fraction of sp³-hybridized carbons (Fsp3) is 0.909. The monoisotopic (exact) mass is 298 g/mol. The van der Waals surface area contributed by atoms with Crippen molar-refractivity contribution in [2.75, 3.05) is 18.3 Å². The summed E-state index contributed by atoms with van der Waals surface area (Å²) in [6.45, 7) is 3.87. The highest BCUT2D eigenvalue weighted by atomic mass is 79.9. The minimum absolute atomic E-state index is 0.141. The molecule has 0 aliphatic heterocycles. The average Bonchev–Trinajstić information content (AvgIpc) is 2.22. The van der Waals surface area contributed by atoms with E-state index in [4.69, 9.17) is 16.3 Å². The van der Waals surface area contributed by atoms with Gasteiger partial charge in [0, 0.05) is 11.2 Å². The number of hydrogen-bond acceptors (Lipinski definition) is 2.